The van der Waals surface area contributed by atoms with Gasteiger partial charge in [0.05, 0.1) is 49.1 Å². The van der Waals surface area contributed by atoms with Gasteiger partial charge in [0.2, 0.25) is 17.7 Å². The number of benzene rings is 1. The van der Waals surface area contributed by atoms with Gasteiger partial charge in [0.15, 0.2) is 5.78 Å². The van der Waals surface area contributed by atoms with Crippen molar-refractivity contribution in [3.8, 4) is 17.7 Å². The van der Waals surface area contributed by atoms with Crippen LogP contribution in [-0.4, -0.2) is 78.9 Å². The van der Waals surface area contributed by atoms with Gasteiger partial charge in [-0.05, 0) is 94.4 Å². The molecule has 2 aromatic rings. The van der Waals surface area contributed by atoms with Crippen LogP contribution in [0.3, 0.4) is 0 Å². The van der Waals surface area contributed by atoms with Crippen LogP contribution in [0.4, 0.5) is 0 Å². The molecule has 0 bridgehead atoms. The molecule has 14 nitrogen and oxygen atoms in total. The van der Waals surface area contributed by atoms with E-state index in [-0.39, 0.29) is 45.1 Å². The number of likely N-dealkylation sites (tertiary alicyclic amines) is 1. The molecule has 2 saturated carbocycles. The number of ether oxygens (including phenoxy) is 3. The number of methoxy groups -OCH3 is 1. The molecule has 2 amide bonds. The lowest BCUT2D eigenvalue weighted by Gasteiger charge is -2.35. The maximum atomic E-state index is 14.6. The van der Waals surface area contributed by atoms with Crippen molar-refractivity contribution in [2.24, 2.45) is 22.7 Å². The SMILES string of the molecule is COc1ccc2c(O[C@@H]3C[C@@H](C(=O)C[C@]4(C(=O)NS(=O)(=O)OC5(C)CC5)C[C@H]4CCC#N)N(C(=O)[C@@H](CC(=O)OC(C)(C)C)C(C)(C)C)C3)nccc2c1. The third kappa shape index (κ3) is 9.68. The molecular formula is C39H52N4O10S. The van der Waals surface area contributed by atoms with Crippen molar-refractivity contribution < 1.29 is 46.0 Å². The molecule has 3 fully saturated rings. The lowest BCUT2D eigenvalue weighted by atomic mass is 9.77. The van der Waals surface area contributed by atoms with Crippen molar-refractivity contribution in [3.63, 3.8) is 0 Å². The van der Waals surface area contributed by atoms with Gasteiger partial charge in [0.25, 0.3) is 0 Å². The fraction of sp³-hybridized carbons (Fsp3) is 0.641. The average molecular weight is 769 g/mol. The zero-order valence-electron chi connectivity index (χ0n) is 32.4. The number of nitriles is 1. The summed E-state index contributed by atoms with van der Waals surface area (Å²) in [7, 11) is -2.91. The van der Waals surface area contributed by atoms with Crippen LogP contribution in [-0.2, 0) is 38.4 Å². The fourth-order valence-corrected chi connectivity index (χ4v) is 8.38. The van der Waals surface area contributed by atoms with E-state index in [2.05, 4.69) is 11.1 Å². The highest BCUT2D eigenvalue weighted by Crippen LogP contribution is 2.58. The summed E-state index contributed by atoms with van der Waals surface area (Å²) in [5, 5.41) is 10.8. The molecule has 294 valence electrons. The number of ketones is 1. The highest BCUT2D eigenvalue weighted by Gasteiger charge is 2.62. The van der Waals surface area contributed by atoms with Crippen LogP contribution in [0.25, 0.3) is 10.8 Å². The molecule has 5 rings (SSSR count). The second kappa shape index (κ2) is 15.1. The van der Waals surface area contributed by atoms with Crippen LogP contribution in [0.2, 0.25) is 0 Å². The number of pyridine rings is 1. The lowest BCUT2D eigenvalue weighted by molar-refractivity contribution is -0.161. The smallest absolute Gasteiger partial charge is 0.362 e. The number of fused-ring (bicyclic) bond motifs is 1. The summed E-state index contributed by atoms with van der Waals surface area (Å²) in [5.74, 6) is -2.71. The number of rotatable bonds is 15. The number of aromatic nitrogens is 1. The molecule has 2 aliphatic carbocycles. The number of esters is 1. The summed E-state index contributed by atoms with van der Waals surface area (Å²) in [6, 6.07) is 8.22. The molecule has 0 unspecified atom stereocenters. The molecule has 0 radical (unpaired) electrons. The quantitative estimate of drug-likeness (QED) is 0.234. The first-order chi connectivity index (χ1) is 25.1. The van der Waals surface area contributed by atoms with Gasteiger partial charge in [-0.25, -0.2) is 13.9 Å². The van der Waals surface area contributed by atoms with Crippen molar-refractivity contribution in [2.45, 2.75) is 123 Å². The fourth-order valence-electron chi connectivity index (χ4n) is 7.21. The van der Waals surface area contributed by atoms with Gasteiger partial charge in [-0.3, -0.25) is 19.2 Å². The first-order valence-corrected chi connectivity index (χ1v) is 19.8. The molecule has 1 aromatic carbocycles. The van der Waals surface area contributed by atoms with E-state index >= 15 is 0 Å². The van der Waals surface area contributed by atoms with Gasteiger partial charge in [-0.2, -0.15) is 13.7 Å². The first-order valence-electron chi connectivity index (χ1n) is 18.4. The minimum absolute atomic E-state index is 0.0117. The second-order valence-corrected chi connectivity index (χ2v) is 18.5. The first kappa shape index (κ1) is 40.9. The van der Waals surface area contributed by atoms with Gasteiger partial charge in [-0.15, -0.1) is 0 Å². The van der Waals surface area contributed by atoms with Gasteiger partial charge in [0, 0.05) is 30.8 Å². The summed E-state index contributed by atoms with van der Waals surface area (Å²) >= 11 is 0. The summed E-state index contributed by atoms with van der Waals surface area (Å²) in [5.41, 5.74) is -3.80. The maximum Gasteiger partial charge on any atom is 0.362 e. The summed E-state index contributed by atoms with van der Waals surface area (Å²) in [4.78, 5) is 61.8. The van der Waals surface area contributed by atoms with Crippen LogP contribution >= 0.6 is 0 Å². The Balaban J connectivity index is 1.45. The Morgan fingerprint density at radius 2 is 1.81 bits per heavy atom. The predicted molar refractivity (Wildman–Crippen MR) is 197 cm³/mol. The largest absolute Gasteiger partial charge is 0.497 e. The molecule has 3 aliphatic rings. The number of carbonyl (C=O) groups is 4. The number of amides is 2. The number of hydrogen-bond donors (Lipinski definition) is 1. The molecular weight excluding hydrogens is 717 g/mol. The molecule has 1 N–H and O–H groups in total. The van der Waals surface area contributed by atoms with E-state index < -0.39 is 79.9 Å². The van der Waals surface area contributed by atoms with E-state index in [1.54, 1.807) is 47.1 Å². The highest BCUT2D eigenvalue weighted by atomic mass is 32.2. The van der Waals surface area contributed by atoms with Crippen LogP contribution in [0.1, 0.15) is 99.8 Å². The molecule has 2 heterocycles. The van der Waals surface area contributed by atoms with Crippen LogP contribution in [0.5, 0.6) is 11.6 Å². The number of Topliss-reactive ketones (excluding diaryl/α,β-unsaturated/α-hetero) is 1. The van der Waals surface area contributed by atoms with Crippen molar-refractivity contribution in [1.29, 1.82) is 5.26 Å². The Morgan fingerprint density at radius 1 is 1.11 bits per heavy atom. The van der Waals surface area contributed by atoms with Crippen LogP contribution in [0.15, 0.2) is 30.5 Å². The van der Waals surface area contributed by atoms with E-state index in [4.69, 9.17) is 18.4 Å². The van der Waals surface area contributed by atoms with E-state index in [0.717, 1.165) is 5.39 Å². The van der Waals surface area contributed by atoms with Crippen molar-refractivity contribution in [2.75, 3.05) is 13.7 Å². The molecule has 1 aromatic heterocycles. The predicted octanol–water partition coefficient (Wildman–Crippen LogP) is 5.19. The standard InChI is InChI=1S/C39H52N4O10S/c1-36(2,3)29(20-32(45)52-37(4,5)6)34(46)43-23-27(51-33-28-12-11-26(50-8)18-24(28)13-17-41-33)19-30(43)31(44)22-39(21-25(39)10-9-16-40)35(47)42-54(48,49)53-38(7)14-15-38/h11-13,17-18,25,27,29-30H,9-10,14-15,19-23H2,1-8H3,(H,42,47)/t25-,27-,29-,30+,39-/m1/s1. The molecule has 54 heavy (non-hydrogen) atoms. The van der Waals surface area contributed by atoms with Gasteiger partial charge in [-0.1, -0.05) is 20.8 Å². The number of carbonyl (C=O) groups excluding carboxylic acids is 4. The Morgan fingerprint density at radius 3 is 2.43 bits per heavy atom. The van der Waals surface area contributed by atoms with E-state index in [9.17, 15) is 32.9 Å². The van der Waals surface area contributed by atoms with E-state index in [1.807, 2.05) is 43.7 Å². The third-order valence-corrected chi connectivity index (χ3v) is 11.6. The minimum atomic E-state index is -4.48. The Hall–Kier alpha value is -4.29. The Labute approximate surface area is 317 Å². The number of hydrogen-bond acceptors (Lipinski definition) is 12. The second-order valence-electron chi connectivity index (χ2n) is 17.2. The number of nitrogens with zero attached hydrogens (tertiary/aromatic N) is 3. The molecule has 0 spiro atoms. The molecule has 5 atom stereocenters. The average Bonchev–Trinajstić information content (AvgIpc) is 3.92. The maximum absolute atomic E-state index is 14.6. The van der Waals surface area contributed by atoms with Crippen LogP contribution in [0, 0.1) is 34.0 Å². The summed E-state index contributed by atoms with van der Waals surface area (Å²) in [6.07, 6.45) is 1.98. The topological polar surface area (TPSA) is 191 Å². The summed E-state index contributed by atoms with van der Waals surface area (Å²) in [6.45, 7) is 12.3. The van der Waals surface area contributed by atoms with Crippen molar-refractivity contribution in [1.82, 2.24) is 14.6 Å². The third-order valence-electron chi connectivity index (χ3n) is 10.5. The van der Waals surface area contributed by atoms with Crippen molar-refractivity contribution in [3.05, 3.63) is 30.5 Å². The molecule has 15 heteroatoms. The van der Waals surface area contributed by atoms with Gasteiger partial charge in [0.1, 0.15) is 17.5 Å². The highest BCUT2D eigenvalue weighted by molar-refractivity contribution is 7.85. The molecule has 1 aliphatic heterocycles. The van der Waals surface area contributed by atoms with Gasteiger partial charge >= 0.3 is 16.3 Å². The molecule has 1 saturated heterocycles. The lowest BCUT2D eigenvalue weighted by Crippen LogP contribution is -2.49. The van der Waals surface area contributed by atoms with E-state index in [0.29, 0.717) is 29.9 Å². The van der Waals surface area contributed by atoms with E-state index in [1.165, 1.54) is 4.90 Å². The zero-order valence-corrected chi connectivity index (χ0v) is 33.2. The van der Waals surface area contributed by atoms with Crippen molar-refractivity contribution >= 4 is 44.6 Å². The Bertz CT molecular complexity index is 1940. The number of nitrogens with one attached hydrogen (secondary N) is 1. The Kier molecular flexibility index (Phi) is 11.4. The van der Waals surface area contributed by atoms with Gasteiger partial charge < -0.3 is 19.1 Å². The van der Waals surface area contributed by atoms with Crippen LogP contribution < -0.4 is 14.2 Å². The monoisotopic (exact) mass is 768 g/mol. The minimum Gasteiger partial charge on any atom is -0.497 e. The normalized spacial score (nSPS) is 23.9. The summed E-state index contributed by atoms with van der Waals surface area (Å²) < 4.78 is 50.3. The zero-order chi connectivity index (χ0) is 39.9.